The van der Waals surface area contributed by atoms with Crippen LogP contribution in [0.4, 0.5) is 0 Å². The predicted octanol–water partition coefficient (Wildman–Crippen LogP) is 2.90. The molecule has 1 amide bonds. The Kier molecular flexibility index (Phi) is 4.93. The molecule has 2 aromatic rings. The van der Waals surface area contributed by atoms with E-state index < -0.39 is 0 Å². The molecule has 136 valence electrons. The Morgan fingerprint density at radius 3 is 2.31 bits per heavy atom. The normalized spacial score (nSPS) is 18.7. The third kappa shape index (κ3) is 3.61. The molecule has 0 aromatic heterocycles. The lowest BCUT2D eigenvalue weighted by Gasteiger charge is -2.27. The fraction of sp³-hybridized carbons (Fsp3) is 0.409. The number of methoxy groups -OCH3 is 1. The summed E-state index contributed by atoms with van der Waals surface area (Å²) >= 11 is 0. The summed E-state index contributed by atoms with van der Waals surface area (Å²) in [5, 5.41) is 0. The van der Waals surface area contributed by atoms with Gasteiger partial charge >= 0.3 is 0 Å². The highest BCUT2D eigenvalue weighted by Gasteiger charge is 2.29. The molecule has 0 spiro atoms. The van der Waals surface area contributed by atoms with Crippen LogP contribution in [0.3, 0.4) is 0 Å². The number of amides is 1. The van der Waals surface area contributed by atoms with Crippen LogP contribution in [0.2, 0.25) is 0 Å². The molecule has 1 fully saturated rings. The van der Waals surface area contributed by atoms with Gasteiger partial charge in [-0.05, 0) is 41.7 Å². The molecule has 0 unspecified atom stereocenters. The molecule has 1 aliphatic carbocycles. The van der Waals surface area contributed by atoms with Gasteiger partial charge in [-0.3, -0.25) is 9.69 Å². The predicted molar refractivity (Wildman–Crippen MR) is 102 cm³/mol. The largest absolute Gasteiger partial charge is 0.497 e. The second-order valence-electron chi connectivity index (χ2n) is 7.28. The standard InChI is InChI=1S/C22H26N2O2/c1-26-21-8-6-17(7-9-21)16-24-13-12-23(11-10-22(24)25)20-14-18-4-2-3-5-19(18)15-20/h2-9,20H,10-16H2,1H3. The molecule has 4 rings (SSSR count). The zero-order valence-corrected chi connectivity index (χ0v) is 15.4. The van der Waals surface area contributed by atoms with Crippen molar-refractivity contribution in [2.24, 2.45) is 0 Å². The van der Waals surface area contributed by atoms with E-state index in [9.17, 15) is 4.79 Å². The summed E-state index contributed by atoms with van der Waals surface area (Å²) in [5.41, 5.74) is 4.10. The van der Waals surface area contributed by atoms with E-state index in [1.165, 1.54) is 11.1 Å². The van der Waals surface area contributed by atoms with Crippen LogP contribution in [0, 0.1) is 0 Å². The Labute approximate surface area is 155 Å². The molecule has 0 atom stereocenters. The van der Waals surface area contributed by atoms with Gasteiger partial charge in [-0.1, -0.05) is 36.4 Å². The highest BCUT2D eigenvalue weighted by atomic mass is 16.5. The molecular formula is C22H26N2O2. The molecule has 1 saturated heterocycles. The van der Waals surface area contributed by atoms with Crippen LogP contribution in [0.15, 0.2) is 48.5 Å². The summed E-state index contributed by atoms with van der Waals surface area (Å²) in [6, 6.07) is 17.3. The van der Waals surface area contributed by atoms with Gasteiger partial charge in [0.1, 0.15) is 5.75 Å². The molecule has 0 saturated carbocycles. The number of nitrogens with zero attached hydrogens (tertiary/aromatic N) is 2. The molecule has 0 radical (unpaired) electrons. The van der Waals surface area contributed by atoms with Crippen molar-refractivity contribution >= 4 is 5.91 Å². The van der Waals surface area contributed by atoms with Crippen LogP contribution >= 0.6 is 0 Å². The summed E-state index contributed by atoms with van der Waals surface area (Å²) in [5.74, 6) is 1.11. The van der Waals surface area contributed by atoms with Crippen LogP contribution in [-0.2, 0) is 24.2 Å². The number of rotatable bonds is 4. The first kappa shape index (κ1) is 17.1. The molecular weight excluding hydrogens is 324 g/mol. The van der Waals surface area contributed by atoms with E-state index >= 15 is 0 Å². The highest BCUT2D eigenvalue weighted by Crippen LogP contribution is 2.26. The number of ether oxygens (including phenoxy) is 1. The maximum atomic E-state index is 12.6. The van der Waals surface area contributed by atoms with E-state index in [0.717, 1.165) is 43.8 Å². The van der Waals surface area contributed by atoms with Crippen molar-refractivity contribution < 1.29 is 9.53 Å². The number of carbonyl (C=O) groups is 1. The molecule has 0 N–H and O–H groups in total. The van der Waals surface area contributed by atoms with Gasteiger partial charge in [-0.25, -0.2) is 0 Å². The van der Waals surface area contributed by atoms with Crippen LogP contribution in [0.1, 0.15) is 23.1 Å². The fourth-order valence-corrected chi connectivity index (χ4v) is 4.16. The number of hydrogen-bond acceptors (Lipinski definition) is 3. The average Bonchev–Trinajstić information content (AvgIpc) is 3.02. The maximum Gasteiger partial charge on any atom is 0.224 e. The molecule has 1 heterocycles. The van der Waals surface area contributed by atoms with E-state index in [-0.39, 0.29) is 5.91 Å². The Morgan fingerprint density at radius 1 is 0.962 bits per heavy atom. The molecule has 26 heavy (non-hydrogen) atoms. The summed E-state index contributed by atoms with van der Waals surface area (Å²) in [7, 11) is 1.67. The summed E-state index contributed by atoms with van der Waals surface area (Å²) in [4.78, 5) is 17.1. The van der Waals surface area contributed by atoms with Crippen molar-refractivity contribution in [1.82, 2.24) is 9.80 Å². The topological polar surface area (TPSA) is 32.8 Å². The van der Waals surface area contributed by atoms with E-state index in [4.69, 9.17) is 4.74 Å². The van der Waals surface area contributed by atoms with Crippen LogP contribution in [0.25, 0.3) is 0 Å². The van der Waals surface area contributed by atoms with E-state index in [1.807, 2.05) is 29.2 Å². The minimum Gasteiger partial charge on any atom is -0.497 e. The van der Waals surface area contributed by atoms with Crippen LogP contribution in [-0.4, -0.2) is 48.5 Å². The summed E-state index contributed by atoms with van der Waals surface area (Å²) in [6.45, 7) is 3.32. The van der Waals surface area contributed by atoms with Gasteiger partial charge in [0.2, 0.25) is 5.91 Å². The van der Waals surface area contributed by atoms with Gasteiger partial charge < -0.3 is 9.64 Å². The molecule has 2 aromatic carbocycles. The monoisotopic (exact) mass is 350 g/mol. The first-order valence-electron chi connectivity index (χ1n) is 9.44. The third-order valence-electron chi connectivity index (χ3n) is 5.70. The van der Waals surface area contributed by atoms with Gasteiger partial charge in [0.25, 0.3) is 0 Å². The number of carbonyl (C=O) groups excluding carboxylic acids is 1. The number of benzene rings is 2. The third-order valence-corrected chi connectivity index (χ3v) is 5.70. The Hall–Kier alpha value is -2.33. The van der Waals surface area contributed by atoms with Gasteiger partial charge in [0.05, 0.1) is 7.11 Å². The highest BCUT2D eigenvalue weighted by molar-refractivity contribution is 5.76. The maximum absolute atomic E-state index is 12.6. The average molecular weight is 350 g/mol. The molecule has 4 heteroatoms. The lowest BCUT2D eigenvalue weighted by Crippen LogP contribution is -2.39. The van der Waals surface area contributed by atoms with Crippen LogP contribution in [0.5, 0.6) is 5.75 Å². The minimum atomic E-state index is 0.263. The first-order chi connectivity index (χ1) is 12.7. The number of hydrogen-bond donors (Lipinski definition) is 0. The Balaban J connectivity index is 1.38. The van der Waals surface area contributed by atoms with Crippen LogP contribution < -0.4 is 4.74 Å². The van der Waals surface area contributed by atoms with Crippen molar-refractivity contribution in [3.63, 3.8) is 0 Å². The molecule has 0 bridgehead atoms. The van der Waals surface area contributed by atoms with Gasteiger partial charge in [-0.2, -0.15) is 0 Å². The lowest BCUT2D eigenvalue weighted by molar-refractivity contribution is -0.130. The Morgan fingerprint density at radius 2 is 1.65 bits per heavy atom. The first-order valence-corrected chi connectivity index (χ1v) is 9.44. The van der Waals surface area contributed by atoms with Crippen molar-refractivity contribution in [2.45, 2.75) is 31.8 Å². The fourth-order valence-electron chi connectivity index (χ4n) is 4.16. The molecule has 4 nitrogen and oxygen atoms in total. The summed E-state index contributed by atoms with van der Waals surface area (Å²) < 4.78 is 5.21. The minimum absolute atomic E-state index is 0.263. The zero-order valence-electron chi connectivity index (χ0n) is 15.4. The van der Waals surface area contributed by atoms with E-state index in [2.05, 4.69) is 29.2 Å². The van der Waals surface area contributed by atoms with Gasteiger partial charge in [0.15, 0.2) is 0 Å². The molecule has 2 aliphatic rings. The number of fused-ring (bicyclic) bond motifs is 1. The lowest BCUT2D eigenvalue weighted by atomic mass is 10.1. The SMILES string of the molecule is COc1ccc(CN2CCN(C3Cc4ccccc4C3)CCC2=O)cc1. The summed E-state index contributed by atoms with van der Waals surface area (Å²) in [6.07, 6.45) is 2.84. The smallest absolute Gasteiger partial charge is 0.224 e. The van der Waals surface area contributed by atoms with Crippen molar-refractivity contribution in [2.75, 3.05) is 26.7 Å². The second-order valence-corrected chi connectivity index (χ2v) is 7.28. The van der Waals surface area contributed by atoms with Crippen molar-refractivity contribution in [3.05, 3.63) is 65.2 Å². The van der Waals surface area contributed by atoms with Crippen molar-refractivity contribution in [1.29, 1.82) is 0 Å². The van der Waals surface area contributed by atoms with Gasteiger partial charge in [0, 0.05) is 38.6 Å². The van der Waals surface area contributed by atoms with E-state index in [0.29, 0.717) is 19.0 Å². The van der Waals surface area contributed by atoms with Crippen molar-refractivity contribution in [3.8, 4) is 5.75 Å². The Bertz CT molecular complexity index is 747. The molecule has 1 aliphatic heterocycles. The van der Waals surface area contributed by atoms with E-state index in [1.54, 1.807) is 7.11 Å². The zero-order chi connectivity index (χ0) is 17.9. The quantitative estimate of drug-likeness (QED) is 0.850. The van der Waals surface area contributed by atoms with Gasteiger partial charge in [-0.15, -0.1) is 0 Å². The second kappa shape index (κ2) is 7.50.